The van der Waals surface area contributed by atoms with Crippen LogP contribution < -0.4 is 24.8 Å². The maximum atomic E-state index is 13.1. The van der Waals surface area contributed by atoms with Gasteiger partial charge in [0, 0.05) is 17.7 Å². The van der Waals surface area contributed by atoms with Crippen molar-refractivity contribution in [1.29, 1.82) is 5.26 Å². The van der Waals surface area contributed by atoms with Crippen LogP contribution in [0, 0.1) is 11.3 Å². The van der Waals surface area contributed by atoms with E-state index >= 15 is 0 Å². The smallest absolute Gasteiger partial charge is 0.266 e. The van der Waals surface area contributed by atoms with E-state index in [1.807, 2.05) is 19.1 Å². The number of nitrogens with one attached hydrogen (secondary N) is 2. The summed E-state index contributed by atoms with van der Waals surface area (Å²) >= 11 is 0. The number of nitrogens with zero attached hydrogens (tertiary/aromatic N) is 1. The van der Waals surface area contributed by atoms with Crippen LogP contribution in [0.5, 0.6) is 17.2 Å². The molecule has 39 heavy (non-hydrogen) atoms. The van der Waals surface area contributed by atoms with Gasteiger partial charge in [-0.2, -0.15) is 5.26 Å². The number of hydrogen-bond acceptors (Lipinski definition) is 6. The van der Waals surface area contributed by atoms with Crippen molar-refractivity contribution in [3.8, 4) is 23.3 Å². The summed E-state index contributed by atoms with van der Waals surface area (Å²) in [6.45, 7) is 7.00. The topological polar surface area (TPSA) is 110 Å². The molecule has 0 unspecified atom stereocenters. The number of anilines is 2. The highest BCUT2D eigenvalue weighted by molar-refractivity contribution is 6.11. The minimum atomic E-state index is -0.606. The SMILES string of the molecule is CCCCOc1ccc(/C=C(\C#N)C(=O)Nc2cc(OCC)c(NC(=O)c3ccccc3)cc2OCC)cc1. The first-order chi connectivity index (χ1) is 19.0. The van der Waals surface area contributed by atoms with Crippen LogP contribution in [-0.2, 0) is 4.79 Å². The first-order valence-electron chi connectivity index (χ1n) is 12.9. The highest BCUT2D eigenvalue weighted by Crippen LogP contribution is 2.37. The van der Waals surface area contributed by atoms with E-state index in [1.54, 1.807) is 67.6 Å². The van der Waals surface area contributed by atoms with Gasteiger partial charge in [0.05, 0.1) is 31.2 Å². The maximum Gasteiger partial charge on any atom is 0.266 e. The molecule has 202 valence electrons. The molecule has 3 aromatic rings. The first-order valence-corrected chi connectivity index (χ1v) is 12.9. The van der Waals surface area contributed by atoms with E-state index in [4.69, 9.17) is 14.2 Å². The number of carbonyl (C=O) groups is 2. The third-order valence-electron chi connectivity index (χ3n) is 5.54. The lowest BCUT2D eigenvalue weighted by atomic mass is 10.1. The Morgan fingerprint density at radius 1 is 0.846 bits per heavy atom. The van der Waals surface area contributed by atoms with Crippen LogP contribution in [0.4, 0.5) is 11.4 Å². The molecule has 2 N–H and O–H groups in total. The minimum absolute atomic E-state index is 0.0866. The molecule has 0 aliphatic heterocycles. The van der Waals surface area contributed by atoms with Gasteiger partial charge in [0.1, 0.15) is 28.9 Å². The zero-order valence-corrected chi connectivity index (χ0v) is 22.5. The summed E-state index contributed by atoms with van der Waals surface area (Å²) < 4.78 is 17.2. The van der Waals surface area contributed by atoms with Crippen molar-refractivity contribution < 1.29 is 23.8 Å². The van der Waals surface area contributed by atoms with E-state index in [-0.39, 0.29) is 11.5 Å². The zero-order valence-electron chi connectivity index (χ0n) is 22.5. The Bertz CT molecular complexity index is 1330. The van der Waals surface area contributed by atoms with Gasteiger partial charge in [-0.25, -0.2) is 0 Å². The third kappa shape index (κ3) is 8.37. The number of ether oxygens (including phenoxy) is 3. The lowest BCUT2D eigenvalue weighted by Gasteiger charge is -2.18. The molecule has 8 heteroatoms. The number of unbranched alkanes of at least 4 members (excludes halogenated alkanes) is 1. The average Bonchev–Trinajstić information content (AvgIpc) is 2.95. The van der Waals surface area contributed by atoms with Crippen molar-refractivity contribution in [2.24, 2.45) is 0 Å². The highest BCUT2D eigenvalue weighted by Gasteiger charge is 2.18. The van der Waals surface area contributed by atoms with Crippen molar-refractivity contribution >= 4 is 29.3 Å². The van der Waals surface area contributed by atoms with E-state index in [0.29, 0.717) is 53.8 Å². The van der Waals surface area contributed by atoms with Crippen molar-refractivity contribution in [2.75, 3.05) is 30.5 Å². The van der Waals surface area contributed by atoms with Crippen molar-refractivity contribution in [3.05, 3.63) is 83.4 Å². The number of nitriles is 1. The van der Waals surface area contributed by atoms with E-state index in [0.717, 1.165) is 18.6 Å². The lowest BCUT2D eigenvalue weighted by Crippen LogP contribution is -2.16. The van der Waals surface area contributed by atoms with Crippen LogP contribution in [0.25, 0.3) is 6.08 Å². The summed E-state index contributed by atoms with van der Waals surface area (Å²) in [6, 6.07) is 21.1. The second-order valence-corrected chi connectivity index (χ2v) is 8.43. The molecule has 3 rings (SSSR count). The molecule has 0 heterocycles. The molecule has 0 fully saturated rings. The number of carbonyl (C=O) groups excluding carboxylic acids is 2. The van der Waals surface area contributed by atoms with Crippen LogP contribution in [0.3, 0.4) is 0 Å². The summed E-state index contributed by atoms with van der Waals surface area (Å²) in [7, 11) is 0. The van der Waals surface area contributed by atoms with Crippen LogP contribution in [0.1, 0.15) is 49.5 Å². The molecule has 0 spiro atoms. The predicted molar refractivity (Wildman–Crippen MR) is 152 cm³/mol. The predicted octanol–water partition coefficient (Wildman–Crippen LogP) is 6.46. The minimum Gasteiger partial charge on any atom is -0.494 e. The zero-order chi connectivity index (χ0) is 28.0. The Balaban J connectivity index is 1.84. The number of rotatable bonds is 13. The summed E-state index contributed by atoms with van der Waals surface area (Å²) in [5.41, 5.74) is 1.79. The summed E-state index contributed by atoms with van der Waals surface area (Å²) in [6.07, 6.45) is 3.52. The van der Waals surface area contributed by atoms with Crippen LogP contribution in [-0.4, -0.2) is 31.6 Å². The van der Waals surface area contributed by atoms with Crippen molar-refractivity contribution in [3.63, 3.8) is 0 Å². The Kier molecular flexibility index (Phi) is 11.0. The Labute approximate surface area is 229 Å². The molecule has 0 saturated heterocycles. The van der Waals surface area contributed by atoms with Gasteiger partial charge in [-0.3, -0.25) is 9.59 Å². The molecule has 0 bridgehead atoms. The largest absolute Gasteiger partial charge is 0.494 e. The molecule has 0 aliphatic rings. The molecule has 0 atom stereocenters. The van der Waals surface area contributed by atoms with Gasteiger partial charge in [0.2, 0.25) is 0 Å². The molecule has 0 aromatic heterocycles. The summed E-state index contributed by atoms with van der Waals surface area (Å²) in [4.78, 5) is 25.8. The monoisotopic (exact) mass is 527 g/mol. The second kappa shape index (κ2) is 14.8. The molecular formula is C31H33N3O5. The summed E-state index contributed by atoms with van der Waals surface area (Å²) in [5.74, 6) is 0.482. The maximum absolute atomic E-state index is 13.1. The van der Waals surface area contributed by atoms with Gasteiger partial charge in [-0.05, 0) is 56.2 Å². The second-order valence-electron chi connectivity index (χ2n) is 8.43. The van der Waals surface area contributed by atoms with Crippen molar-refractivity contribution in [1.82, 2.24) is 0 Å². The Morgan fingerprint density at radius 3 is 2.03 bits per heavy atom. The van der Waals surface area contributed by atoms with E-state index in [1.165, 1.54) is 6.08 Å². The fraction of sp³-hybridized carbons (Fsp3) is 0.258. The number of benzene rings is 3. The quantitative estimate of drug-likeness (QED) is 0.150. The number of hydrogen-bond donors (Lipinski definition) is 2. The van der Waals surface area contributed by atoms with Gasteiger partial charge < -0.3 is 24.8 Å². The van der Waals surface area contributed by atoms with Gasteiger partial charge in [0.25, 0.3) is 11.8 Å². The van der Waals surface area contributed by atoms with E-state index in [9.17, 15) is 14.9 Å². The van der Waals surface area contributed by atoms with E-state index < -0.39 is 5.91 Å². The van der Waals surface area contributed by atoms with Crippen molar-refractivity contribution in [2.45, 2.75) is 33.6 Å². The standard InChI is InChI=1S/C31H33N3O5/c1-4-7-17-39-25-15-13-22(14-16-25)18-24(21-32)31(36)34-27-20-28(37-5-2)26(19-29(27)38-6-3)33-30(35)23-11-9-8-10-12-23/h8-16,18-20H,4-7,17H2,1-3H3,(H,33,35)(H,34,36)/b24-18+. The van der Waals surface area contributed by atoms with Crippen LogP contribution in [0.2, 0.25) is 0 Å². The molecule has 2 amide bonds. The fourth-order valence-corrected chi connectivity index (χ4v) is 3.59. The van der Waals surface area contributed by atoms with Crippen LogP contribution in [0.15, 0.2) is 72.3 Å². The van der Waals surface area contributed by atoms with E-state index in [2.05, 4.69) is 17.6 Å². The molecule has 0 aliphatic carbocycles. The Morgan fingerprint density at radius 2 is 1.46 bits per heavy atom. The van der Waals surface area contributed by atoms with Gasteiger partial charge in [0.15, 0.2) is 0 Å². The lowest BCUT2D eigenvalue weighted by molar-refractivity contribution is -0.112. The number of amides is 2. The third-order valence-corrected chi connectivity index (χ3v) is 5.54. The van der Waals surface area contributed by atoms with Crippen LogP contribution >= 0.6 is 0 Å². The van der Waals surface area contributed by atoms with Gasteiger partial charge in [-0.1, -0.05) is 43.7 Å². The average molecular weight is 528 g/mol. The molecule has 3 aromatic carbocycles. The molecule has 0 radical (unpaired) electrons. The molecule has 0 saturated carbocycles. The molecular weight excluding hydrogens is 494 g/mol. The summed E-state index contributed by atoms with van der Waals surface area (Å²) in [5, 5.41) is 15.3. The normalized spacial score (nSPS) is 10.8. The fourth-order valence-electron chi connectivity index (χ4n) is 3.59. The van der Waals surface area contributed by atoms with Gasteiger partial charge >= 0.3 is 0 Å². The first kappa shape index (κ1) is 28.8. The van der Waals surface area contributed by atoms with Gasteiger partial charge in [-0.15, -0.1) is 0 Å². The molecule has 8 nitrogen and oxygen atoms in total. The highest BCUT2D eigenvalue weighted by atomic mass is 16.5. The Hall–Kier alpha value is -4.77.